The number of anilines is 1. The average Bonchev–Trinajstić information content (AvgIpc) is 2.51. The fraction of sp³-hybridized carbons (Fsp3) is 0.550. The summed E-state index contributed by atoms with van der Waals surface area (Å²) in [6, 6.07) is 1.55. The van der Waals surface area contributed by atoms with E-state index in [0.717, 1.165) is 6.07 Å². The van der Waals surface area contributed by atoms with Gasteiger partial charge in [0.15, 0.2) is 0 Å². The highest BCUT2D eigenvalue weighted by atomic mass is 19.1. The molecule has 0 saturated carbocycles. The van der Waals surface area contributed by atoms with Gasteiger partial charge >= 0.3 is 12.2 Å². The number of aldehydes is 1. The third kappa shape index (κ3) is 7.67. The maximum Gasteiger partial charge on any atom is 0.419 e. The van der Waals surface area contributed by atoms with Gasteiger partial charge < -0.3 is 20.0 Å². The van der Waals surface area contributed by atoms with Crippen molar-refractivity contribution < 1.29 is 32.6 Å². The smallest absolute Gasteiger partial charge is 0.419 e. The van der Waals surface area contributed by atoms with Gasteiger partial charge in [0.1, 0.15) is 29.1 Å². The van der Waals surface area contributed by atoms with Crippen LogP contribution in [0.4, 0.5) is 24.1 Å². The van der Waals surface area contributed by atoms with Crippen LogP contribution in [0, 0.1) is 11.6 Å². The van der Waals surface area contributed by atoms with Gasteiger partial charge in [0.25, 0.3) is 0 Å². The Bertz CT molecular complexity index is 741. The van der Waals surface area contributed by atoms with Gasteiger partial charge in [-0.05, 0) is 59.6 Å². The standard InChI is InChI=1S/C20H28F2N2O5/c1-19(2,3)28-17(26)24(18(27)29-20(4,5)6)8-7-12(11-25)14-9-13(21)10-15(22)16(14)23/h9-12H,7-8,23H2,1-6H3. The second-order valence-electron chi connectivity index (χ2n) is 8.53. The molecule has 2 amide bonds. The lowest BCUT2D eigenvalue weighted by Crippen LogP contribution is -2.44. The Morgan fingerprint density at radius 2 is 1.55 bits per heavy atom. The van der Waals surface area contributed by atoms with Crippen molar-refractivity contribution in [2.75, 3.05) is 12.3 Å². The quantitative estimate of drug-likeness (QED) is 0.567. The van der Waals surface area contributed by atoms with Crippen LogP contribution < -0.4 is 5.73 Å². The van der Waals surface area contributed by atoms with Gasteiger partial charge in [-0.15, -0.1) is 0 Å². The second-order valence-corrected chi connectivity index (χ2v) is 8.53. The monoisotopic (exact) mass is 414 g/mol. The number of benzene rings is 1. The molecule has 162 valence electrons. The highest BCUT2D eigenvalue weighted by Crippen LogP contribution is 2.28. The number of hydrogen-bond acceptors (Lipinski definition) is 6. The summed E-state index contributed by atoms with van der Waals surface area (Å²) in [6.45, 7) is 9.48. The molecule has 0 bridgehead atoms. The van der Waals surface area contributed by atoms with Gasteiger partial charge in [0, 0.05) is 18.5 Å². The van der Waals surface area contributed by atoms with Crippen molar-refractivity contribution in [1.82, 2.24) is 4.90 Å². The number of imide groups is 1. The number of rotatable bonds is 5. The Hall–Kier alpha value is -2.71. The predicted octanol–water partition coefficient (Wildman–Crippen LogP) is 4.39. The first-order chi connectivity index (χ1) is 13.1. The zero-order valence-electron chi connectivity index (χ0n) is 17.5. The van der Waals surface area contributed by atoms with Crippen LogP contribution in [0.3, 0.4) is 0 Å². The van der Waals surface area contributed by atoms with Gasteiger partial charge in [-0.25, -0.2) is 23.3 Å². The fourth-order valence-corrected chi connectivity index (χ4v) is 2.37. The van der Waals surface area contributed by atoms with Crippen molar-refractivity contribution in [1.29, 1.82) is 0 Å². The number of nitrogens with two attached hydrogens (primary N) is 1. The first-order valence-corrected chi connectivity index (χ1v) is 9.08. The van der Waals surface area contributed by atoms with Gasteiger partial charge in [0.05, 0.1) is 5.69 Å². The molecular formula is C20H28F2N2O5. The van der Waals surface area contributed by atoms with Crippen molar-refractivity contribution in [2.45, 2.75) is 65.1 Å². The minimum atomic E-state index is -1.05. The largest absolute Gasteiger partial charge is 0.443 e. The summed E-state index contributed by atoms with van der Waals surface area (Å²) in [6.07, 6.45) is -1.60. The van der Waals surface area contributed by atoms with Gasteiger partial charge in [-0.2, -0.15) is 0 Å². The number of carbonyl (C=O) groups is 3. The lowest BCUT2D eigenvalue weighted by Gasteiger charge is -2.29. The number of nitrogens with zero attached hydrogens (tertiary/aromatic N) is 1. The third-order valence-corrected chi connectivity index (χ3v) is 3.58. The first kappa shape index (κ1) is 24.3. The van der Waals surface area contributed by atoms with E-state index >= 15 is 0 Å². The Morgan fingerprint density at radius 1 is 1.07 bits per heavy atom. The molecule has 0 aromatic heterocycles. The number of nitrogen functional groups attached to an aromatic ring is 1. The molecule has 1 aromatic rings. The van der Waals surface area contributed by atoms with E-state index in [1.54, 1.807) is 41.5 Å². The summed E-state index contributed by atoms with van der Waals surface area (Å²) in [5.74, 6) is -2.94. The third-order valence-electron chi connectivity index (χ3n) is 3.58. The average molecular weight is 414 g/mol. The van der Waals surface area contributed by atoms with Crippen LogP contribution in [0.25, 0.3) is 0 Å². The van der Waals surface area contributed by atoms with Gasteiger partial charge in [-0.1, -0.05) is 0 Å². The van der Waals surface area contributed by atoms with E-state index in [9.17, 15) is 23.2 Å². The molecule has 0 heterocycles. The zero-order chi connectivity index (χ0) is 22.6. The number of halogens is 2. The minimum absolute atomic E-state index is 0.0640. The van der Waals surface area contributed by atoms with Crippen LogP contribution in [0.2, 0.25) is 0 Å². The van der Waals surface area contributed by atoms with Crippen LogP contribution in [-0.4, -0.2) is 41.1 Å². The molecule has 0 saturated heterocycles. The summed E-state index contributed by atoms with van der Waals surface area (Å²) >= 11 is 0. The number of hydrogen-bond donors (Lipinski definition) is 1. The summed E-state index contributed by atoms with van der Waals surface area (Å²) in [5.41, 5.74) is 3.43. The molecule has 1 atom stereocenters. The second kappa shape index (κ2) is 9.19. The van der Waals surface area contributed by atoms with E-state index in [0.29, 0.717) is 17.3 Å². The lowest BCUT2D eigenvalue weighted by molar-refractivity contribution is -0.109. The fourth-order valence-electron chi connectivity index (χ4n) is 2.37. The van der Waals surface area contributed by atoms with E-state index in [4.69, 9.17) is 15.2 Å². The van der Waals surface area contributed by atoms with E-state index in [2.05, 4.69) is 0 Å². The Labute approximate surface area is 169 Å². The molecule has 0 radical (unpaired) electrons. The molecule has 29 heavy (non-hydrogen) atoms. The zero-order valence-corrected chi connectivity index (χ0v) is 17.5. The predicted molar refractivity (Wildman–Crippen MR) is 103 cm³/mol. The van der Waals surface area contributed by atoms with Crippen LogP contribution in [0.15, 0.2) is 12.1 Å². The highest BCUT2D eigenvalue weighted by molar-refractivity contribution is 5.88. The van der Waals surface area contributed by atoms with Crippen molar-refractivity contribution in [3.8, 4) is 0 Å². The minimum Gasteiger partial charge on any atom is -0.443 e. The van der Waals surface area contributed by atoms with Crippen LogP contribution in [-0.2, 0) is 14.3 Å². The van der Waals surface area contributed by atoms with Crippen molar-refractivity contribution in [2.24, 2.45) is 0 Å². The summed E-state index contributed by atoms with van der Waals surface area (Å²) in [7, 11) is 0. The maximum atomic E-state index is 13.7. The van der Waals surface area contributed by atoms with Crippen LogP contribution >= 0.6 is 0 Å². The molecule has 0 spiro atoms. The Morgan fingerprint density at radius 3 is 1.97 bits per heavy atom. The number of ether oxygens (including phenoxy) is 2. The summed E-state index contributed by atoms with van der Waals surface area (Å²) in [5, 5.41) is 0. The molecule has 0 aliphatic carbocycles. The molecule has 0 aliphatic heterocycles. The molecule has 7 nitrogen and oxygen atoms in total. The Balaban J connectivity index is 3.10. The highest BCUT2D eigenvalue weighted by Gasteiger charge is 2.32. The first-order valence-electron chi connectivity index (χ1n) is 9.08. The van der Waals surface area contributed by atoms with Gasteiger partial charge in [0.2, 0.25) is 0 Å². The molecule has 0 fully saturated rings. The summed E-state index contributed by atoms with van der Waals surface area (Å²) < 4.78 is 37.7. The van der Waals surface area contributed by atoms with Crippen molar-refractivity contribution >= 4 is 24.2 Å². The van der Waals surface area contributed by atoms with E-state index < -0.39 is 40.9 Å². The maximum absolute atomic E-state index is 13.7. The number of amides is 2. The molecule has 2 N–H and O–H groups in total. The topological polar surface area (TPSA) is 98.9 Å². The number of carbonyl (C=O) groups excluding carboxylic acids is 3. The van der Waals surface area contributed by atoms with Crippen LogP contribution in [0.5, 0.6) is 0 Å². The van der Waals surface area contributed by atoms with Crippen molar-refractivity contribution in [3.05, 3.63) is 29.3 Å². The van der Waals surface area contributed by atoms with Crippen LogP contribution in [0.1, 0.15) is 59.4 Å². The van der Waals surface area contributed by atoms with Gasteiger partial charge in [-0.3, -0.25) is 0 Å². The SMILES string of the molecule is CC(C)(C)OC(=O)N(CCC(C=O)c1cc(F)cc(F)c1N)C(=O)OC(C)(C)C. The molecular weight excluding hydrogens is 386 g/mol. The van der Waals surface area contributed by atoms with E-state index in [-0.39, 0.29) is 24.2 Å². The lowest BCUT2D eigenvalue weighted by atomic mass is 9.95. The van der Waals surface area contributed by atoms with E-state index in [1.807, 2.05) is 0 Å². The molecule has 1 rings (SSSR count). The molecule has 0 aliphatic rings. The summed E-state index contributed by atoms with van der Waals surface area (Å²) in [4.78, 5) is 37.2. The molecule has 1 unspecified atom stereocenters. The van der Waals surface area contributed by atoms with Crippen molar-refractivity contribution in [3.63, 3.8) is 0 Å². The van der Waals surface area contributed by atoms with E-state index in [1.165, 1.54) is 0 Å². The molecule has 9 heteroatoms. The Kier molecular flexibility index (Phi) is 7.71. The molecule has 1 aromatic carbocycles. The normalized spacial score (nSPS) is 12.8.